The molecule has 0 bridgehead atoms. The summed E-state index contributed by atoms with van der Waals surface area (Å²) < 4.78 is 18.6. The Morgan fingerprint density at radius 3 is 2.13 bits per heavy atom. The monoisotopic (exact) mass is 744 g/mol. The van der Waals surface area contributed by atoms with Gasteiger partial charge < -0.3 is 39.8 Å². The number of aryl methyl sites for hydroxylation is 1. The van der Waals surface area contributed by atoms with Crippen molar-refractivity contribution in [1.82, 2.24) is 30.5 Å². The fraction of sp³-hybridized carbons (Fsp3) is 0.385. The first-order valence-corrected chi connectivity index (χ1v) is 18.2. The molecule has 0 radical (unpaired) electrons. The Morgan fingerprint density at radius 2 is 1.42 bits per heavy atom. The molecule has 4 N–H and O–H groups in total. The molecule has 0 aliphatic heterocycles. The minimum absolute atomic E-state index is 0.0230. The lowest BCUT2D eigenvalue weighted by atomic mass is 9.98. The zero-order chi connectivity index (χ0) is 37.6. The van der Waals surface area contributed by atoms with Crippen LogP contribution in [0.4, 0.5) is 4.79 Å². The van der Waals surface area contributed by atoms with Gasteiger partial charge in [0.05, 0.1) is 39.4 Å². The van der Waals surface area contributed by atoms with E-state index in [1.807, 2.05) is 60.6 Å². The summed E-state index contributed by atoms with van der Waals surface area (Å²) >= 11 is 5.28. The number of carbonyl (C=O) groups excluding carboxylic acids is 2. The number of rotatable bonds is 20. The highest BCUT2D eigenvalue weighted by Crippen LogP contribution is 2.44. The van der Waals surface area contributed by atoms with Gasteiger partial charge in [-0.3, -0.25) is 9.59 Å². The Kier molecular flexibility index (Phi) is 14.6. The third kappa shape index (κ3) is 11.0. The molecule has 0 saturated heterocycles. The number of hydrogen-bond donors (Lipinski definition) is 4. The number of thiocarbonyl (C=S) groups is 1. The molecule has 1 aliphatic rings. The number of nitrogens with one attached hydrogen (secondary N) is 3. The van der Waals surface area contributed by atoms with Crippen LogP contribution < -0.4 is 16.0 Å². The van der Waals surface area contributed by atoms with Gasteiger partial charge in [-0.15, -0.1) is 0 Å². The summed E-state index contributed by atoms with van der Waals surface area (Å²) in [6.07, 6.45) is -0.194. The van der Waals surface area contributed by atoms with Crippen LogP contribution in [0.1, 0.15) is 35.6 Å². The van der Waals surface area contributed by atoms with Crippen molar-refractivity contribution in [1.29, 1.82) is 0 Å². The average molecular weight is 745 g/mol. The van der Waals surface area contributed by atoms with E-state index in [4.69, 9.17) is 31.5 Å². The largest absolute Gasteiger partial charge is 0.481 e. The number of aliphatic carboxylic acids is 1. The molecule has 0 unspecified atom stereocenters. The zero-order valence-corrected chi connectivity index (χ0v) is 31.0. The first-order valence-electron chi connectivity index (χ1n) is 17.8. The Bertz CT molecular complexity index is 1820. The van der Waals surface area contributed by atoms with Crippen LogP contribution >= 0.6 is 12.2 Å². The van der Waals surface area contributed by atoms with E-state index in [-0.39, 0.29) is 37.9 Å². The number of nitrogens with zero attached hydrogens (tertiary/aromatic N) is 3. The number of hydrogen-bond acceptors (Lipinski definition) is 8. The molecule has 1 aliphatic carbocycles. The molecule has 4 aromatic rings. The molecule has 0 fully saturated rings. The molecule has 0 spiro atoms. The molecular weight excluding hydrogens is 697 g/mol. The lowest BCUT2D eigenvalue weighted by Crippen LogP contribution is -2.42. The fourth-order valence-electron chi connectivity index (χ4n) is 6.29. The lowest BCUT2D eigenvalue weighted by molar-refractivity contribution is -0.138. The molecule has 282 valence electrons. The van der Waals surface area contributed by atoms with Crippen LogP contribution in [0.25, 0.3) is 22.0 Å². The van der Waals surface area contributed by atoms with Crippen LogP contribution in [-0.2, 0) is 36.9 Å². The minimum Gasteiger partial charge on any atom is -0.481 e. The molecule has 13 nitrogen and oxygen atoms in total. The second kappa shape index (κ2) is 19.7. The molecule has 53 heavy (non-hydrogen) atoms. The van der Waals surface area contributed by atoms with Gasteiger partial charge in [0.15, 0.2) is 5.11 Å². The van der Waals surface area contributed by atoms with E-state index in [9.17, 15) is 14.4 Å². The molecule has 1 aromatic heterocycles. The standard InChI is InChI=1S/C39H48N6O7S/c1-43(44(2)39(49)52-27-34-32-12-6-4-10-30(32)31-11-5-7-13-33(31)34)26-29-25-28-9-3-8-14-35(28)45(29)20-15-36(46)40-17-18-41-38(53)42-19-22-51-24-23-50-21-16-37(47)48/h3-14,25,34H,15-24,26-27H2,1-2H3,(H,40,46)(H,47,48)(H2,41,42,53). The maximum atomic E-state index is 13.3. The van der Waals surface area contributed by atoms with Crippen molar-refractivity contribution in [2.24, 2.45) is 0 Å². The van der Waals surface area contributed by atoms with E-state index in [0.29, 0.717) is 57.7 Å². The molecule has 14 heteroatoms. The fourth-order valence-corrected chi connectivity index (χ4v) is 6.49. The number of ether oxygens (including phenoxy) is 3. The first kappa shape index (κ1) is 39.2. The van der Waals surface area contributed by atoms with E-state index in [0.717, 1.165) is 27.7 Å². The Morgan fingerprint density at radius 1 is 0.792 bits per heavy atom. The predicted molar refractivity (Wildman–Crippen MR) is 206 cm³/mol. The van der Waals surface area contributed by atoms with Crippen LogP contribution in [0.5, 0.6) is 0 Å². The smallest absolute Gasteiger partial charge is 0.424 e. The van der Waals surface area contributed by atoms with Crippen molar-refractivity contribution >= 4 is 46.2 Å². The maximum Gasteiger partial charge on any atom is 0.424 e. The summed E-state index contributed by atoms with van der Waals surface area (Å²) in [6.45, 7) is 3.76. The minimum atomic E-state index is -0.893. The number of carboxylic acid groups (broad SMARTS) is 1. The number of para-hydroxylation sites is 1. The normalized spacial score (nSPS) is 12.0. The van der Waals surface area contributed by atoms with Gasteiger partial charge in [-0.2, -0.15) is 0 Å². The summed E-state index contributed by atoms with van der Waals surface area (Å²) in [5.41, 5.74) is 6.67. The third-order valence-electron chi connectivity index (χ3n) is 9.06. The highest BCUT2D eigenvalue weighted by Gasteiger charge is 2.30. The van der Waals surface area contributed by atoms with E-state index in [1.54, 1.807) is 7.05 Å². The number of amides is 2. The number of carbonyl (C=O) groups is 3. The quantitative estimate of drug-likeness (QED) is 0.0583. The summed E-state index contributed by atoms with van der Waals surface area (Å²) in [5, 5.41) is 22.4. The van der Waals surface area contributed by atoms with E-state index < -0.39 is 12.1 Å². The van der Waals surface area contributed by atoms with E-state index in [1.165, 1.54) is 16.1 Å². The highest BCUT2D eigenvalue weighted by molar-refractivity contribution is 7.80. The van der Waals surface area contributed by atoms with Crippen molar-refractivity contribution in [2.75, 3.05) is 66.8 Å². The van der Waals surface area contributed by atoms with Crippen LogP contribution in [0.2, 0.25) is 0 Å². The summed E-state index contributed by atoms with van der Waals surface area (Å²) in [6, 6.07) is 26.7. The Hall–Kier alpha value is -5.02. The zero-order valence-electron chi connectivity index (χ0n) is 30.2. The van der Waals surface area contributed by atoms with Gasteiger partial charge in [-0.25, -0.2) is 14.8 Å². The first-order chi connectivity index (χ1) is 25.7. The van der Waals surface area contributed by atoms with Crippen molar-refractivity contribution in [3.8, 4) is 11.1 Å². The number of fused-ring (bicyclic) bond motifs is 4. The molecule has 2 amide bonds. The van der Waals surface area contributed by atoms with Gasteiger partial charge in [-0.05, 0) is 52.0 Å². The second-order valence-electron chi connectivity index (χ2n) is 12.6. The van der Waals surface area contributed by atoms with Crippen LogP contribution in [0.15, 0.2) is 78.9 Å². The predicted octanol–water partition coefficient (Wildman–Crippen LogP) is 4.35. The summed E-state index contributed by atoms with van der Waals surface area (Å²) in [4.78, 5) is 36.6. The van der Waals surface area contributed by atoms with Crippen LogP contribution in [0, 0.1) is 0 Å². The SMILES string of the molecule is CN(Cc1cc2ccccc2n1CCC(=O)NCCNC(=S)NCCOCCOCCC(=O)O)N(C)C(=O)OCC1c2ccccc2-c2ccccc21. The van der Waals surface area contributed by atoms with E-state index in [2.05, 4.69) is 50.8 Å². The van der Waals surface area contributed by atoms with Crippen molar-refractivity contribution in [3.63, 3.8) is 0 Å². The van der Waals surface area contributed by atoms with Crippen molar-refractivity contribution in [2.45, 2.75) is 31.8 Å². The number of benzene rings is 3. The summed E-state index contributed by atoms with van der Waals surface area (Å²) in [5.74, 6) is -1.00. The third-order valence-corrected chi connectivity index (χ3v) is 9.35. The van der Waals surface area contributed by atoms with E-state index >= 15 is 0 Å². The lowest BCUT2D eigenvalue weighted by Gasteiger charge is -2.28. The van der Waals surface area contributed by atoms with Crippen molar-refractivity contribution in [3.05, 3.63) is 95.7 Å². The highest BCUT2D eigenvalue weighted by atomic mass is 32.1. The number of carboxylic acids is 1. The molecular formula is C39H48N6O7S. The number of aromatic nitrogens is 1. The van der Waals surface area contributed by atoms with Gasteiger partial charge in [0.1, 0.15) is 6.61 Å². The second-order valence-corrected chi connectivity index (χ2v) is 13.0. The van der Waals surface area contributed by atoms with Gasteiger partial charge in [0.25, 0.3) is 0 Å². The van der Waals surface area contributed by atoms with Crippen LogP contribution in [0.3, 0.4) is 0 Å². The molecule has 3 aromatic carbocycles. The maximum absolute atomic E-state index is 13.3. The molecule has 1 heterocycles. The summed E-state index contributed by atoms with van der Waals surface area (Å²) in [7, 11) is 3.55. The average Bonchev–Trinajstić information content (AvgIpc) is 3.67. The topological polar surface area (TPSA) is 147 Å². The molecule has 0 saturated carbocycles. The van der Waals surface area contributed by atoms with Crippen molar-refractivity contribution < 1.29 is 33.7 Å². The Balaban J connectivity index is 1.04. The van der Waals surface area contributed by atoms with Gasteiger partial charge in [0.2, 0.25) is 5.91 Å². The number of hydrazine groups is 1. The van der Waals surface area contributed by atoms with Gasteiger partial charge in [0, 0.05) is 63.8 Å². The van der Waals surface area contributed by atoms with Gasteiger partial charge in [-0.1, -0.05) is 66.7 Å². The molecule has 0 atom stereocenters. The Labute approximate surface area is 315 Å². The van der Waals surface area contributed by atoms with Gasteiger partial charge >= 0.3 is 12.1 Å². The molecule has 5 rings (SSSR count). The van der Waals surface area contributed by atoms with Crippen LogP contribution in [-0.4, -0.2) is 110 Å².